The number of amides is 1. The molecule has 3 heteroatoms. The van der Waals surface area contributed by atoms with Gasteiger partial charge in [0.05, 0.1) is 6.42 Å². The van der Waals surface area contributed by atoms with Crippen molar-refractivity contribution in [1.29, 1.82) is 0 Å². The van der Waals surface area contributed by atoms with E-state index in [4.69, 9.17) is 11.6 Å². The number of anilines is 1. The van der Waals surface area contributed by atoms with Crippen LogP contribution in [0.5, 0.6) is 0 Å². The van der Waals surface area contributed by atoms with E-state index in [2.05, 4.69) is 5.32 Å². The van der Waals surface area contributed by atoms with Crippen LogP contribution < -0.4 is 5.32 Å². The number of carbonyl (C=O) groups excluding carboxylic acids is 1. The number of halogens is 1. The lowest BCUT2D eigenvalue weighted by Gasteiger charge is -2.09. The molecule has 0 atom stereocenters. The fraction of sp³-hybridized carbons (Fsp3) is 0.0556. The van der Waals surface area contributed by atoms with Crippen LogP contribution in [0, 0.1) is 0 Å². The van der Waals surface area contributed by atoms with Gasteiger partial charge in [-0.15, -0.1) is 0 Å². The molecule has 0 saturated heterocycles. The lowest BCUT2D eigenvalue weighted by Crippen LogP contribution is -2.14. The molecule has 0 radical (unpaired) electrons. The number of fused-ring (bicyclic) bond motifs is 1. The topological polar surface area (TPSA) is 29.1 Å². The quantitative estimate of drug-likeness (QED) is 0.747. The highest BCUT2D eigenvalue weighted by Gasteiger charge is 2.07. The molecule has 3 aromatic rings. The standard InChI is InChI=1S/C18H14ClNO/c19-15-8-3-5-13(11-15)12-18(21)20-17-10-4-7-14-6-1-2-9-16(14)17/h1-11H,12H2,(H,20,21). The van der Waals surface area contributed by atoms with Crippen molar-refractivity contribution in [3.63, 3.8) is 0 Å². The van der Waals surface area contributed by atoms with Crippen LogP contribution in [0.15, 0.2) is 66.7 Å². The Morgan fingerprint density at radius 1 is 0.952 bits per heavy atom. The van der Waals surface area contributed by atoms with Crippen LogP contribution in [0.2, 0.25) is 5.02 Å². The third kappa shape index (κ3) is 3.23. The number of nitrogens with one attached hydrogen (secondary N) is 1. The van der Waals surface area contributed by atoms with E-state index in [-0.39, 0.29) is 5.91 Å². The Hall–Kier alpha value is -2.32. The average Bonchev–Trinajstić information content (AvgIpc) is 2.47. The molecule has 1 N–H and O–H groups in total. The Morgan fingerprint density at radius 3 is 2.57 bits per heavy atom. The lowest BCUT2D eigenvalue weighted by molar-refractivity contribution is -0.115. The average molecular weight is 296 g/mol. The van der Waals surface area contributed by atoms with E-state index < -0.39 is 0 Å². The van der Waals surface area contributed by atoms with Gasteiger partial charge in [-0.25, -0.2) is 0 Å². The van der Waals surface area contributed by atoms with Gasteiger partial charge in [0, 0.05) is 16.1 Å². The molecule has 0 unspecified atom stereocenters. The van der Waals surface area contributed by atoms with Crippen molar-refractivity contribution in [2.75, 3.05) is 5.32 Å². The monoisotopic (exact) mass is 295 g/mol. The minimum absolute atomic E-state index is 0.0476. The molecule has 0 saturated carbocycles. The van der Waals surface area contributed by atoms with Gasteiger partial charge in [-0.05, 0) is 29.1 Å². The van der Waals surface area contributed by atoms with Crippen molar-refractivity contribution < 1.29 is 4.79 Å². The molecular weight excluding hydrogens is 282 g/mol. The zero-order valence-electron chi connectivity index (χ0n) is 11.3. The smallest absolute Gasteiger partial charge is 0.228 e. The minimum Gasteiger partial charge on any atom is -0.325 e. The molecule has 3 aromatic carbocycles. The van der Waals surface area contributed by atoms with Gasteiger partial charge < -0.3 is 5.32 Å². The molecule has 0 aliphatic rings. The fourth-order valence-electron chi connectivity index (χ4n) is 2.36. The highest BCUT2D eigenvalue weighted by Crippen LogP contribution is 2.23. The van der Waals surface area contributed by atoms with Crippen molar-refractivity contribution in [3.8, 4) is 0 Å². The summed E-state index contributed by atoms with van der Waals surface area (Å²) in [6.07, 6.45) is 0.309. The van der Waals surface area contributed by atoms with E-state index >= 15 is 0 Å². The van der Waals surface area contributed by atoms with Gasteiger partial charge in [-0.2, -0.15) is 0 Å². The maximum absolute atomic E-state index is 12.2. The Labute approximate surface area is 128 Å². The summed E-state index contributed by atoms with van der Waals surface area (Å²) in [7, 11) is 0. The Balaban J connectivity index is 1.80. The van der Waals surface area contributed by atoms with Gasteiger partial charge in [0.25, 0.3) is 0 Å². The summed E-state index contributed by atoms with van der Waals surface area (Å²) in [6, 6.07) is 21.2. The second-order valence-corrected chi connectivity index (χ2v) is 5.32. The summed E-state index contributed by atoms with van der Waals surface area (Å²) in [4.78, 5) is 12.2. The first-order chi connectivity index (χ1) is 10.2. The van der Waals surface area contributed by atoms with Crippen LogP contribution in [-0.2, 0) is 11.2 Å². The number of benzene rings is 3. The van der Waals surface area contributed by atoms with E-state index in [1.165, 1.54) is 0 Å². The molecular formula is C18H14ClNO. The summed E-state index contributed by atoms with van der Waals surface area (Å²) in [5.41, 5.74) is 1.74. The molecule has 0 fully saturated rings. The molecule has 0 aromatic heterocycles. The van der Waals surface area contributed by atoms with Crippen molar-refractivity contribution in [3.05, 3.63) is 77.3 Å². The summed E-state index contributed by atoms with van der Waals surface area (Å²) in [6.45, 7) is 0. The van der Waals surface area contributed by atoms with Crippen molar-refractivity contribution in [1.82, 2.24) is 0 Å². The predicted molar refractivity (Wildman–Crippen MR) is 87.7 cm³/mol. The lowest BCUT2D eigenvalue weighted by atomic mass is 10.1. The van der Waals surface area contributed by atoms with E-state index in [9.17, 15) is 4.79 Å². The highest BCUT2D eigenvalue weighted by molar-refractivity contribution is 6.30. The molecule has 3 rings (SSSR count). The van der Waals surface area contributed by atoms with Crippen LogP contribution in [0.1, 0.15) is 5.56 Å². The van der Waals surface area contributed by atoms with E-state index in [0.29, 0.717) is 11.4 Å². The van der Waals surface area contributed by atoms with Crippen molar-refractivity contribution in [2.24, 2.45) is 0 Å². The zero-order valence-corrected chi connectivity index (χ0v) is 12.1. The SMILES string of the molecule is O=C(Cc1cccc(Cl)c1)Nc1cccc2ccccc12. The minimum atomic E-state index is -0.0476. The number of carbonyl (C=O) groups is 1. The number of hydrogen-bond acceptors (Lipinski definition) is 1. The van der Waals surface area contributed by atoms with Gasteiger partial charge in [-0.3, -0.25) is 4.79 Å². The molecule has 2 nitrogen and oxygen atoms in total. The Kier molecular flexibility index (Phi) is 3.89. The Bertz CT molecular complexity index is 793. The molecule has 0 spiro atoms. The van der Waals surface area contributed by atoms with E-state index in [1.807, 2.05) is 60.7 Å². The molecule has 104 valence electrons. The molecule has 0 aliphatic heterocycles. The Morgan fingerprint density at radius 2 is 1.71 bits per heavy atom. The van der Waals surface area contributed by atoms with Crippen molar-refractivity contribution >= 4 is 34.0 Å². The molecule has 1 amide bonds. The number of rotatable bonds is 3. The first kappa shape index (κ1) is 13.7. The van der Waals surface area contributed by atoms with E-state index in [0.717, 1.165) is 22.0 Å². The summed E-state index contributed by atoms with van der Waals surface area (Å²) in [5, 5.41) is 5.77. The van der Waals surface area contributed by atoms with Gasteiger partial charge in [0.1, 0.15) is 0 Å². The van der Waals surface area contributed by atoms with Crippen LogP contribution in [-0.4, -0.2) is 5.91 Å². The molecule has 0 heterocycles. The highest BCUT2D eigenvalue weighted by atomic mass is 35.5. The van der Waals surface area contributed by atoms with Crippen molar-refractivity contribution in [2.45, 2.75) is 6.42 Å². The van der Waals surface area contributed by atoms with Gasteiger partial charge in [-0.1, -0.05) is 60.1 Å². The van der Waals surface area contributed by atoms with Gasteiger partial charge in [0.2, 0.25) is 5.91 Å². The fourth-order valence-corrected chi connectivity index (χ4v) is 2.57. The maximum Gasteiger partial charge on any atom is 0.228 e. The normalized spacial score (nSPS) is 10.5. The first-order valence-electron chi connectivity index (χ1n) is 6.74. The third-order valence-electron chi connectivity index (χ3n) is 3.32. The van der Waals surface area contributed by atoms with Crippen LogP contribution in [0.25, 0.3) is 10.8 Å². The second kappa shape index (κ2) is 5.98. The molecule has 21 heavy (non-hydrogen) atoms. The zero-order chi connectivity index (χ0) is 14.7. The summed E-state index contributed by atoms with van der Waals surface area (Å²) in [5.74, 6) is -0.0476. The van der Waals surface area contributed by atoms with Crippen LogP contribution in [0.4, 0.5) is 5.69 Å². The van der Waals surface area contributed by atoms with E-state index in [1.54, 1.807) is 6.07 Å². The third-order valence-corrected chi connectivity index (χ3v) is 3.55. The second-order valence-electron chi connectivity index (χ2n) is 4.88. The maximum atomic E-state index is 12.2. The van der Waals surface area contributed by atoms with Gasteiger partial charge >= 0.3 is 0 Å². The first-order valence-corrected chi connectivity index (χ1v) is 7.12. The molecule has 0 bridgehead atoms. The summed E-state index contributed by atoms with van der Waals surface area (Å²) < 4.78 is 0. The molecule has 0 aliphatic carbocycles. The number of hydrogen-bond donors (Lipinski definition) is 1. The van der Waals surface area contributed by atoms with Crippen LogP contribution >= 0.6 is 11.6 Å². The largest absolute Gasteiger partial charge is 0.325 e. The summed E-state index contributed by atoms with van der Waals surface area (Å²) >= 11 is 5.93. The predicted octanol–water partition coefficient (Wildman–Crippen LogP) is 4.67. The van der Waals surface area contributed by atoms with Crippen LogP contribution in [0.3, 0.4) is 0 Å². The van der Waals surface area contributed by atoms with Gasteiger partial charge in [0.15, 0.2) is 0 Å².